The average Bonchev–Trinajstić information content (AvgIpc) is 2.71. The smallest absolute Gasteiger partial charge is 0.0695 e. The predicted octanol–water partition coefficient (Wildman–Crippen LogP) is 8.99. The Morgan fingerprint density at radius 1 is 0.607 bits per heavy atom. The minimum absolute atomic E-state index is 0.355. The van der Waals surface area contributed by atoms with Crippen LogP contribution >= 0.6 is 0 Å². The first-order valence-electron chi connectivity index (χ1n) is 13.4. The molecule has 1 unspecified atom stereocenters. The third-order valence-electron chi connectivity index (χ3n) is 7.14. The van der Waals surface area contributed by atoms with Gasteiger partial charge in [-0.15, -0.1) is 0 Å². The molecule has 0 aliphatic carbocycles. The molecule has 0 saturated carbocycles. The van der Waals surface area contributed by atoms with Gasteiger partial charge in [0, 0.05) is 6.61 Å². The highest BCUT2D eigenvalue weighted by Gasteiger charge is 2.36. The number of hydrogen-bond donors (Lipinski definition) is 0. The van der Waals surface area contributed by atoms with E-state index >= 15 is 0 Å². The summed E-state index contributed by atoms with van der Waals surface area (Å²) < 4.78 is 6.32. The summed E-state index contributed by atoms with van der Waals surface area (Å²) in [6.45, 7) is 8.33. The van der Waals surface area contributed by atoms with Crippen molar-refractivity contribution in [2.24, 2.45) is 0 Å². The van der Waals surface area contributed by atoms with Crippen LogP contribution in [0.1, 0.15) is 142 Å². The van der Waals surface area contributed by atoms with Gasteiger partial charge in [-0.1, -0.05) is 129 Å². The van der Waals surface area contributed by atoms with Crippen molar-refractivity contribution in [1.29, 1.82) is 0 Å². The van der Waals surface area contributed by atoms with Crippen LogP contribution in [0.2, 0.25) is 13.1 Å². The van der Waals surface area contributed by atoms with E-state index in [9.17, 15) is 0 Å². The molecule has 0 N–H and O–H groups in total. The molecule has 0 amide bonds. The van der Waals surface area contributed by atoms with Crippen molar-refractivity contribution < 1.29 is 4.74 Å². The molecule has 28 heavy (non-hydrogen) atoms. The van der Waals surface area contributed by atoms with E-state index in [-0.39, 0.29) is 0 Å². The van der Waals surface area contributed by atoms with Crippen LogP contribution in [-0.2, 0) is 4.74 Å². The molecule has 1 nitrogen and oxygen atoms in total. The van der Waals surface area contributed by atoms with Crippen LogP contribution in [0.25, 0.3) is 0 Å². The number of ether oxygens (including phenoxy) is 1. The highest BCUT2D eigenvalue weighted by Crippen LogP contribution is 2.33. The third kappa shape index (κ3) is 12.7. The molecule has 168 valence electrons. The molecule has 1 heterocycles. The fraction of sp³-hybridized carbons (Fsp3) is 1.00. The minimum atomic E-state index is -0.706. The van der Waals surface area contributed by atoms with E-state index in [4.69, 9.17) is 4.74 Å². The summed E-state index contributed by atoms with van der Waals surface area (Å²) in [5, 5.41) is 0.355. The molecule has 0 radical (unpaired) electrons. The quantitative estimate of drug-likeness (QED) is 0.152. The molecule has 0 bridgehead atoms. The third-order valence-corrected chi connectivity index (χ3v) is 9.99. The Labute approximate surface area is 180 Å². The Morgan fingerprint density at radius 3 is 1.39 bits per heavy atom. The summed E-state index contributed by atoms with van der Waals surface area (Å²) in [6.07, 6.45) is 30.2. The largest absolute Gasteiger partial charge is 0.379 e. The van der Waals surface area contributed by atoms with Crippen LogP contribution in [0.15, 0.2) is 0 Å². The van der Waals surface area contributed by atoms with Crippen molar-refractivity contribution in [2.45, 2.75) is 160 Å². The zero-order chi connectivity index (χ0) is 20.3. The lowest BCUT2D eigenvalue weighted by Crippen LogP contribution is -2.47. The molecule has 0 aromatic carbocycles. The molecule has 1 saturated heterocycles. The number of rotatable bonds is 19. The predicted molar refractivity (Wildman–Crippen MR) is 130 cm³/mol. The van der Waals surface area contributed by atoms with Crippen molar-refractivity contribution >= 4 is 8.80 Å². The summed E-state index contributed by atoms with van der Waals surface area (Å²) in [7, 11) is -0.706. The maximum absolute atomic E-state index is 6.32. The van der Waals surface area contributed by atoms with Gasteiger partial charge in [-0.05, 0) is 25.7 Å². The Morgan fingerprint density at radius 2 is 1.04 bits per heavy atom. The normalized spacial score (nSPS) is 20.1. The molecule has 1 rings (SSSR count). The van der Waals surface area contributed by atoms with Gasteiger partial charge in [0.1, 0.15) is 0 Å². The molecule has 2 heteroatoms. The average molecular weight is 411 g/mol. The Hall–Kier alpha value is 0.177. The van der Waals surface area contributed by atoms with Gasteiger partial charge in [0.25, 0.3) is 0 Å². The monoisotopic (exact) mass is 410 g/mol. The number of unbranched alkanes of at least 4 members (excludes halogenated alkanes) is 16. The van der Waals surface area contributed by atoms with Crippen LogP contribution in [-0.4, -0.2) is 20.6 Å². The van der Waals surface area contributed by atoms with E-state index in [0.29, 0.717) is 5.22 Å². The van der Waals surface area contributed by atoms with Crippen molar-refractivity contribution in [3.05, 3.63) is 0 Å². The standard InChI is InChI=1S/C26H54OSi/c1-4-5-6-7-8-9-10-11-12-13-14-15-16-17-18-19-20-23-26(28(2)3)24-21-22-25-27-26/h28H,4-25H2,1-3H3. The van der Waals surface area contributed by atoms with Gasteiger partial charge in [0.15, 0.2) is 0 Å². The summed E-state index contributed by atoms with van der Waals surface area (Å²) >= 11 is 0. The van der Waals surface area contributed by atoms with Crippen molar-refractivity contribution in [3.8, 4) is 0 Å². The lowest BCUT2D eigenvalue weighted by atomic mass is 10.0. The van der Waals surface area contributed by atoms with Gasteiger partial charge in [-0.25, -0.2) is 0 Å². The van der Waals surface area contributed by atoms with Gasteiger partial charge in [-0.2, -0.15) is 0 Å². The maximum Gasteiger partial charge on any atom is 0.0695 e. The van der Waals surface area contributed by atoms with Gasteiger partial charge in [0.2, 0.25) is 0 Å². The summed E-state index contributed by atoms with van der Waals surface area (Å²) in [5.74, 6) is 0. The lowest BCUT2D eigenvalue weighted by Gasteiger charge is -2.40. The van der Waals surface area contributed by atoms with Crippen molar-refractivity contribution in [3.63, 3.8) is 0 Å². The molecular weight excluding hydrogens is 356 g/mol. The van der Waals surface area contributed by atoms with Crippen LogP contribution in [0, 0.1) is 0 Å². The lowest BCUT2D eigenvalue weighted by molar-refractivity contribution is -0.0292. The van der Waals surface area contributed by atoms with Crippen LogP contribution in [0.5, 0.6) is 0 Å². The second-order valence-corrected chi connectivity index (χ2v) is 13.3. The zero-order valence-electron chi connectivity index (χ0n) is 20.0. The molecule has 0 aromatic rings. The maximum atomic E-state index is 6.32. The molecule has 0 aromatic heterocycles. The highest BCUT2D eigenvalue weighted by molar-refractivity contribution is 6.59. The molecule has 1 aliphatic rings. The minimum Gasteiger partial charge on any atom is -0.379 e. The van der Waals surface area contributed by atoms with Gasteiger partial charge in [0.05, 0.1) is 14.0 Å². The summed E-state index contributed by atoms with van der Waals surface area (Å²) in [6, 6.07) is 0. The fourth-order valence-corrected chi connectivity index (χ4v) is 6.98. The van der Waals surface area contributed by atoms with E-state index < -0.39 is 8.80 Å². The molecule has 1 atom stereocenters. The van der Waals surface area contributed by atoms with Crippen LogP contribution in [0.4, 0.5) is 0 Å². The van der Waals surface area contributed by atoms with Crippen LogP contribution < -0.4 is 0 Å². The first-order chi connectivity index (χ1) is 13.7. The second-order valence-electron chi connectivity index (χ2n) is 9.93. The molecule has 1 aliphatic heterocycles. The molecule has 1 fully saturated rings. The van der Waals surface area contributed by atoms with E-state index in [1.165, 1.54) is 135 Å². The van der Waals surface area contributed by atoms with Crippen molar-refractivity contribution in [2.75, 3.05) is 6.61 Å². The Balaban J connectivity index is 1.81. The first-order valence-corrected chi connectivity index (χ1v) is 16.2. The van der Waals surface area contributed by atoms with Gasteiger partial charge in [-0.3, -0.25) is 0 Å². The molecular formula is C26H54OSi. The zero-order valence-corrected chi connectivity index (χ0v) is 21.2. The number of hydrogen-bond acceptors (Lipinski definition) is 1. The second kappa shape index (κ2) is 18.0. The first kappa shape index (κ1) is 26.2. The van der Waals surface area contributed by atoms with E-state index in [0.717, 1.165) is 6.61 Å². The SMILES string of the molecule is CCCCCCCCCCCCCCCCCCCC1([SiH](C)C)CCCCO1. The van der Waals surface area contributed by atoms with Gasteiger partial charge < -0.3 is 4.74 Å². The summed E-state index contributed by atoms with van der Waals surface area (Å²) in [4.78, 5) is 0. The summed E-state index contributed by atoms with van der Waals surface area (Å²) in [5.41, 5.74) is 0. The van der Waals surface area contributed by atoms with E-state index in [1.807, 2.05) is 0 Å². The van der Waals surface area contributed by atoms with Crippen molar-refractivity contribution in [1.82, 2.24) is 0 Å². The topological polar surface area (TPSA) is 9.23 Å². The molecule has 0 spiro atoms. The van der Waals surface area contributed by atoms with E-state index in [2.05, 4.69) is 20.0 Å². The fourth-order valence-electron chi connectivity index (χ4n) is 4.96. The van der Waals surface area contributed by atoms with Gasteiger partial charge >= 0.3 is 0 Å². The highest BCUT2D eigenvalue weighted by atomic mass is 28.3. The van der Waals surface area contributed by atoms with E-state index in [1.54, 1.807) is 0 Å². The van der Waals surface area contributed by atoms with Crippen LogP contribution in [0.3, 0.4) is 0 Å². The Bertz CT molecular complexity index is 322. The Kier molecular flexibility index (Phi) is 16.8.